The predicted molar refractivity (Wildman–Crippen MR) is 136 cm³/mol. The molecule has 0 bridgehead atoms. The average molecular weight is 475 g/mol. The van der Waals surface area contributed by atoms with Crippen LogP contribution in [0.1, 0.15) is 22.6 Å². The minimum atomic E-state index is -0.388. The number of pyridine rings is 1. The highest BCUT2D eigenvalue weighted by molar-refractivity contribution is 5.89. The van der Waals surface area contributed by atoms with Crippen molar-refractivity contribution in [3.05, 3.63) is 89.5 Å². The molecule has 9 heteroatoms. The van der Waals surface area contributed by atoms with Crippen molar-refractivity contribution in [3.8, 4) is 11.3 Å². The van der Waals surface area contributed by atoms with Gasteiger partial charge in [0.15, 0.2) is 11.5 Å². The van der Waals surface area contributed by atoms with Crippen LogP contribution < -0.4 is 5.73 Å². The number of carbonyl (C=O) groups is 1. The van der Waals surface area contributed by atoms with Crippen molar-refractivity contribution >= 4 is 33.5 Å². The molecule has 36 heavy (non-hydrogen) atoms. The van der Waals surface area contributed by atoms with Crippen LogP contribution in [-0.2, 0) is 19.4 Å². The molecule has 1 aliphatic heterocycles. The molecule has 0 radical (unpaired) electrons. The van der Waals surface area contributed by atoms with Gasteiger partial charge < -0.3 is 15.6 Å². The molecular weight excluding hydrogens is 452 g/mol. The van der Waals surface area contributed by atoms with Crippen LogP contribution in [0, 0.1) is 0 Å². The van der Waals surface area contributed by atoms with E-state index in [9.17, 15) is 4.79 Å². The second-order valence-electron chi connectivity index (χ2n) is 9.16. The highest BCUT2D eigenvalue weighted by Gasteiger charge is 2.23. The zero-order chi connectivity index (χ0) is 24.2. The van der Waals surface area contributed by atoms with Crippen LogP contribution >= 0.6 is 0 Å². The number of H-pyrrole nitrogens is 1. The molecule has 0 atom stereocenters. The lowest BCUT2D eigenvalue weighted by atomic mass is 10.0. The number of aromatic nitrogens is 6. The Labute approximate surface area is 205 Å². The lowest BCUT2D eigenvalue weighted by molar-refractivity contribution is 0.202. The van der Waals surface area contributed by atoms with Crippen molar-refractivity contribution in [2.24, 2.45) is 5.73 Å². The monoisotopic (exact) mass is 474 g/mol. The van der Waals surface area contributed by atoms with E-state index < -0.39 is 0 Å². The van der Waals surface area contributed by atoms with Gasteiger partial charge in [0.1, 0.15) is 0 Å². The maximum absolute atomic E-state index is 11.7. The topological polar surface area (TPSA) is 118 Å². The van der Waals surface area contributed by atoms with Crippen LogP contribution in [-0.4, -0.2) is 47.3 Å². The number of hydrogen-bond donors (Lipinski definition) is 2. The Morgan fingerprint density at radius 1 is 1.06 bits per heavy atom. The Balaban J connectivity index is 1.26. The zero-order valence-electron chi connectivity index (χ0n) is 19.3. The van der Waals surface area contributed by atoms with Gasteiger partial charge in [0, 0.05) is 65.2 Å². The van der Waals surface area contributed by atoms with E-state index in [1.165, 1.54) is 0 Å². The van der Waals surface area contributed by atoms with E-state index >= 15 is 0 Å². The van der Waals surface area contributed by atoms with Crippen molar-refractivity contribution in [1.29, 1.82) is 0 Å². The smallest absolute Gasteiger partial charge is 0.315 e. The molecule has 2 amide bonds. The van der Waals surface area contributed by atoms with Gasteiger partial charge in [-0.3, -0.25) is 4.98 Å². The number of hydrogen-bond acceptors (Lipinski definition) is 5. The summed E-state index contributed by atoms with van der Waals surface area (Å²) >= 11 is 0. The minimum absolute atomic E-state index is 0.388. The first-order valence-electron chi connectivity index (χ1n) is 11.9. The first-order chi connectivity index (χ1) is 17.6. The fraction of sp³-hybridized carbons (Fsp3) is 0.148. The fourth-order valence-electron chi connectivity index (χ4n) is 5.08. The Morgan fingerprint density at radius 3 is 2.92 bits per heavy atom. The number of carbonyl (C=O) groups excluding carboxylic acids is 1. The van der Waals surface area contributed by atoms with Crippen LogP contribution in [0.3, 0.4) is 0 Å². The molecule has 0 saturated carbocycles. The molecule has 3 N–H and O–H groups in total. The Hall–Kier alpha value is -4.79. The largest absolute Gasteiger partial charge is 0.358 e. The number of nitrogens with one attached hydrogen (secondary N) is 1. The van der Waals surface area contributed by atoms with Crippen molar-refractivity contribution < 1.29 is 4.79 Å². The molecule has 6 aromatic rings. The number of amides is 2. The van der Waals surface area contributed by atoms with Crippen molar-refractivity contribution in [2.45, 2.75) is 19.4 Å². The molecule has 4 aromatic heterocycles. The zero-order valence-corrected chi connectivity index (χ0v) is 19.3. The lowest BCUT2D eigenvalue weighted by Gasteiger charge is -2.25. The van der Waals surface area contributed by atoms with Crippen molar-refractivity contribution in [3.63, 3.8) is 0 Å². The van der Waals surface area contributed by atoms with Crippen LogP contribution in [0.4, 0.5) is 4.79 Å². The summed E-state index contributed by atoms with van der Waals surface area (Å²) in [6, 6.07) is 20.0. The normalized spacial score (nSPS) is 13.5. The molecule has 0 unspecified atom stereocenters. The van der Waals surface area contributed by atoms with Crippen LogP contribution in [0.15, 0.2) is 66.9 Å². The van der Waals surface area contributed by atoms with E-state index in [0.29, 0.717) is 25.2 Å². The molecule has 0 fully saturated rings. The van der Waals surface area contributed by atoms with Crippen LogP contribution in [0.2, 0.25) is 0 Å². The van der Waals surface area contributed by atoms with Crippen molar-refractivity contribution in [2.75, 3.05) is 6.54 Å². The number of nitrogens with zero attached hydrogens (tertiary/aromatic N) is 6. The number of benzene rings is 2. The number of rotatable bonds is 3. The highest BCUT2D eigenvalue weighted by atomic mass is 16.2. The molecule has 2 aromatic carbocycles. The van der Waals surface area contributed by atoms with Crippen LogP contribution in [0.25, 0.3) is 38.7 Å². The summed E-state index contributed by atoms with van der Waals surface area (Å²) in [5, 5.41) is 15.8. The molecule has 0 saturated heterocycles. The summed E-state index contributed by atoms with van der Waals surface area (Å²) in [4.78, 5) is 21.3. The Morgan fingerprint density at radius 2 is 2.00 bits per heavy atom. The molecule has 176 valence electrons. The third-order valence-electron chi connectivity index (χ3n) is 6.94. The van der Waals surface area contributed by atoms with E-state index in [1.807, 2.05) is 28.8 Å². The predicted octanol–water partition coefficient (Wildman–Crippen LogP) is 3.85. The number of fused-ring (bicyclic) bond motifs is 5. The second kappa shape index (κ2) is 7.88. The van der Waals surface area contributed by atoms with Gasteiger partial charge in [-0.2, -0.15) is 9.61 Å². The maximum Gasteiger partial charge on any atom is 0.315 e. The molecule has 9 nitrogen and oxygen atoms in total. The summed E-state index contributed by atoms with van der Waals surface area (Å²) in [7, 11) is 0. The molecule has 0 spiro atoms. The van der Waals surface area contributed by atoms with Gasteiger partial charge in [0.25, 0.3) is 0 Å². The fourth-order valence-corrected chi connectivity index (χ4v) is 5.08. The van der Waals surface area contributed by atoms with Crippen LogP contribution in [0.5, 0.6) is 0 Å². The van der Waals surface area contributed by atoms with E-state index in [2.05, 4.69) is 56.6 Å². The van der Waals surface area contributed by atoms with E-state index in [1.54, 1.807) is 11.1 Å². The first kappa shape index (κ1) is 20.6. The second-order valence-corrected chi connectivity index (χ2v) is 9.16. The first-order valence-corrected chi connectivity index (χ1v) is 11.9. The van der Waals surface area contributed by atoms with E-state index in [4.69, 9.17) is 10.8 Å². The summed E-state index contributed by atoms with van der Waals surface area (Å²) in [6.07, 6.45) is 3.17. The highest BCUT2D eigenvalue weighted by Crippen LogP contribution is 2.31. The maximum atomic E-state index is 11.7. The molecule has 7 rings (SSSR count). The van der Waals surface area contributed by atoms with Gasteiger partial charge >= 0.3 is 6.03 Å². The summed E-state index contributed by atoms with van der Waals surface area (Å²) in [5.41, 5.74) is 13.5. The number of aromatic amines is 1. The third-order valence-corrected chi connectivity index (χ3v) is 6.94. The van der Waals surface area contributed by atoms with Gasteiger partial charge in [-0.1, -0.05) is 18.2 Å². The Kier molecular flexibility index (Phi) is 4.50. The molecular formula is C27H22N8O. The van der Waals surface area contributed by atoms with Gasteiger partial charge in [0.05, 0.1) is 11.2 Å². The van der Waals surface area contributed by atoms with E-state index in [-0.39, 0.29) is 6.03 Å². The standard InChI is InChI=1S/C27H22N8O/c28-27(36)34-11-9-24-20(15-34)19-14-18(4-6-23(19)30-24)22-7-8-25-31-32-26(35(25)33-22)13-16-3-5-21-17(12-16)2-1-10-29-21/h1-8,10,12,14,30H,9,11,13,15H2,(H2,28,36). The van der Waals surface area contributed by atoms with E-state index in [0.717, 1.165) is 62.1 Å². The Bertz CT molecular complexity index is 1800. The quantitative estimate of drug-likeness (QED) is 0.404. The van der Waals surface area contributed by atoms with Gasteiger partial charge in [0.2, 0.25) is 0 Å². The van der Waals surface area contributed by atoms with Crippen molar-refractivity contribution in [1.82, 2.24) is 34.7 Å². The SMILES string of the molecule is NC(=O)N1CCc2[nH]c3ccc(-c4ccc5nnc(Cc6ccc7ncccc7c6)n5n4)cc3c2C1. The number of nitrogens with two attached hydrogens (primary N) is 1. The molecule has 5 heterocycles. The van der Waals surface area contributed by atoms with Gasteiger partial charge in [-0.25, -0.2) is 4.79 Å². The summed E-state index contributed by atoms with van der Waals surface area (Å²) in [5.74, 6) is 0.771. The average Bonchev–Trinajstić information content (AvgIpc) is 3.48. The summed E-state index contributed by atoms with van der Waals surface area (Å²) in [6.45, 7) is 1.14. The van der Waals surface area contributed by atoms with Gasteiger partial charge in [-0.05, 0) is 48.0 Å². The number of primary amides is 1. The molecule has 0 aliphatic carbocycles. The van der Waals surface area contributed by atoms with Gasteiger partial charge in [-0.15, -0.1) is 10.2 Å². The lowest BCUT2D eigenvalue weighted by Crippen LogP contribution is -2.39. The molecule has 1 aliphatic rings. The third kappa shape index (κ3) is 3.36. The number of urea groups is 1. The summed E-state index contributed by atoms with van der Waals surface area (Å²) < 4.78 is 1.81. The minimum Gasteiger partial charge on any atom is -0.358 e.